The Kier molecular flexibility index (Phi) is 7.00. The molecule has 0 radical (unpaired) electrons. The predicted octanol–water partition coefficient (Wildman–Crippen LogP) is 2.69. The van der Waals surface area contributed by atoms with E-state index in [2.05, 4.69) is 17.1 Å². The second-order valence-electron chi connectivity index (χ2n) is 6.53. The zero-order valence-corrected chi connectivity index (χ0v) is 16.3. The molecule has 0 amide bonds. The molecule has 2 unspecified atom stereocenters. The van der Waals surface area contributed by atoms with Crippen LogP contribution in [0, 0.1) is 0 Å². The number of hydrogen-bond acceptors (Lipinski definition) is 4. The Balaban J connectivity index is 1.70. The molecule has 7 heteroatoms. The van der Waals surface area contributed by atoms with Crippen molar-refractivity contribution in [3.63, 3.8) is 0 Å². The van der Waals surface area contributed by atoms with Crippen LogP contribution in [0.1, 0.15) is 25.3 Å². The van der Waals surface area contributed by atoms with Crippen LogP contribution in [-0.2, 0) is 16.0 Å². The van der Waals surface area contributed by atoms with Gasteiger partial charge in [-0.05, 0) is 31.9 Å². The fourth-order valence-electron chi connectivity index (χ4n) is 3.42. The first-order valence-electron chi connectivity index (χ1n) is 9.30. The van der Waals surface area contributed by atoms with Crippen molar-refractivity contribution in [3.8, 4) is 5.75 Å². The van der Waals surface area contributed by atoms with E-state index in [-0.39, 0.29) is 12.2 Å². The summed E-state index contributed by atoms with van der Waals surface area (Å²) in [6.07, 6.45) is 2.51. The van der Waals surface area contributed by atoms with E-state index in [1.54, 1.807) is 7.11 Å². The second kappa shape index (κ2) is 9.44. The van der Waals surface area contributed by atoms with Gasteiger partial charge in [0.2, 0.25) is 0 Å². The van der Waals surface area contributed by atoms with Crippen LogP contribution in [0.3, 0.4) is 0 Å². The number of guanidine groups is 1. The molecule has 0 saturated carbocycles. The third kappa shape index (κ3) is 4.81. The standard InChI is InChI=1S/C19H28ClN3O3/c1-3-21-19(22-12-14-6-7-15(20)11-17(14)24-2)23-8-10-26-18(13-23)16-5-4-9-25-16/h6-7,11,16,18H,3-5,8-10,12-13H2,1-2H3,(H,21,22). The molecule has 26 heavy (non-hydrogen) atoms. The van der Waals surface area contributed by atoms with Crippen LogP contribution in [0.5, 0.6) is 5.75 Å². The maximum atomic E-state index is 6.05. The summed E-state index contributed by atoms with van der Waals surface area (Å²) in [6, 6.07) is 5.65. The Morgan fingerprint density at radius 2 is 2.19 bits per heavy atom. The highest BCUT2D eigenvalue weighted by Crippen LogP contribution is 2.24. The van der Waals surface area contributed by atoms with Crippen molar-refractivity contribution in [1.29, 1.82) is 0 Å². The Labute approximate surface area is 160 Å². The van der Waals surface area contributed by atoms with E-state index in [9.17, 15) is 0 Å². The first-order chi connectivity index (χ1) is 12.7. The van der Waals surface area contributed by atoms with Gasteiger partial charge < -0.3 is 24.4 Å². The number of benzene rings is 1. The summed E-state index contributed by atoms with van der Waals surface area (Å²) in [5.74, 6) is 1.66. The van der Waals surface area contributed by atoms with Gasteiger partial charge in [-0.3, -0.25) is 0 Å². The number of morpholine rings is 1. The van der Waals surface area contributed by atoms with Crippen molar-refractivity contribution in [2.75, 3.05) is 40.0 Å². The molecule has 144 valence electrons. The second-order valence-corrected chi connectivity index (χ2v) is 6.97. The van der Waals surface area contributed by atoms with Gasteiger partial charge in [0.25, 0.3) is 0 Å². The van der Waals surface area contributed by atoms with E-state index in [4.69, 9.17) is 30.8 Å². The lowest BCUT2D eigenvalue weighted by Crippen LogP contribution is -2.53. The highest BCUT2D eigenvalue weighted by molar-refractivity contribution is 6.30. The minimum absolute atomic E-state index is 0.111. The van der Waals surface area contributed by atoms with Gasteiger partial charge in [-0.15, -0.1) is 0 Å². The molecule has 0 aromatic heterocycles. The third-order valence-corrected chi connectivity index (χ3v) is 4.99. The van der Waals surface area contributed by atoms with Gasteiger partial charge in [-0.2, -0.15) is 0 Å². The van der Waals surface area contributed by atoms with E-state index in [0.717, 1.165) is 56.4 Å². The van der Waals surface area contributed by atoms with Crippen LogP contribution in [-0.4, -0.2) is 63.0 Å². The van der Waals surface area contributed by atoms with Crippen molar-refractivity contribution in [3.05, 3.63) is 28.8 Å². The zero-order valence-electron chi connectivity index (χ0n) is 15.5. The Hall–Kier alpha value is -1.50. The van der Waals surface area contributed by atoms with E-state index in [0.29, 0.717) is 18.2 Å². The number of nitrogens with zero attached hydrogens (tertiary/aromatic N) is 2. The van der Waals surface area contributed by atoms with Gasteiger partial charge in [-0.1, -0.05) is 17.7 Å². The van der Waals surface area contributed by atoms with E-state index in [1.807, 2.05) is 18.2 Å². The van der Waals surface area contributed by atoms with Crippen molar-refractivity contribution in [2.45, 2.75) is 38.5 Å². The molecule has 2 fully saturated rings. The number of hydrogen-bond donors (Lipinski definition) is 1. The monoisotopic (exact) mass is 381 g/mol. The summed E-state index contributed by atoms with van der Waals surface area (Å²) in [4.78, 5) is 7.08. The van der Waals surface area contributed by atoms with E-state index >= 15 is 0 Å². The van der Waals surface area contributed by atoms with Gasteiger partial charge in [0.05, 0.1) is 26.4 Å². The van der Waals surface area contributed by atoms with Crippen molar-refractivity contribution in [2.24, 2.45) is 4.99 Å². The molecule has 3 rings (SSSR count). The molecule has 2 saturated heterocycles. The molecule has 2 aliphatic heterocycles. The van der Waals surface area contributed by atoms with Crippen LogP contribution < -0.4 is 10.1 Å². The van der Waals surface area contributed by atoms with Crippen molar-refractivity contribution < 1.29 is 14.2 Å². The number of aliphatic imine (C=N–C) groups is 1. The molecular formula is C19H28ClN3O3. The molecule has 2 heterocycles. The van der Waals surface area contributed by atoms with Gasteiger partial charge >= 0.3 is 0 Å². The number of nitrogens with one attached hydrogen (secondary N) is 1. The molecule has 0 bridgehead atoms. The maximum Gasteiger partial charge on any atom is 0.194 e. The predicted molar refractivity (Wildman–Crippen MR) is 103 cm³/mol. The minimum Gasteiger partial charge on any atom is -0.496 e. The molecule has 1 N–H and O–H groups in total. The average Bonchev–Trinajstić information content (AvgIpc) is 3.20. The van der Waals surface area contributed by atoms with Crippen LogP contribution in [0.15, 0.2) is 23.2 Å². The van der Waals surface area contributed by atoms with E-state index in [1.165, 1.54) is 0 Å². The highest BCUT2D eigenvalue weighted by Gasteiger charge is 2.32. The molecule has 2 aliphatic rings. The Morgan fingerprint density at radius 1 is 1.35 bits per heavy atom. The summed E-state index contributed by atoms with van der Waals surface area (Å²) in [5, 5.41) is 4.06. The SMILES string of the molecule is CCNC(=NCc1ccc(Cl)cc1OC)N1CCOC(C2CCCO2)C1. The van der Waals surface area contributed by atoms with Crippen molar-refractivity contribution in [1.82, 2.24) is 10.2 Å². The first kappa shape index (κ1) is 19.3. The normalized spacial score (nSPS) is 24.0. The van der Waals surface area contributed by atoms with Gasteiger partial charge in [0.1, 0.15) is 11.9 Å². The molecule has 1 aromatic carbocycles. The Morgan fingerprint density at radius 3 is 2.92 bits per heavy atom. The van der Waals surface area contributed by atoms with Crippen molar-refractivity contribution >= 4 is 17.6 Å². The molecule has 6 nitrogen and oxygen atoms in total. The smallest absolute Gasteiger partial charge is 0.194 e. The number of halogens is 1. The summed E-state index contributed by atoms with van der Waals surface area (Å²) in [6.45, 7) is 6.59. The summed E-state index contributed by atoms with van der Waals surface area (Å²) < 4.78 is 17.2. The third-order valence-electron chi connectivity index (χ3n) is 4.76. The molecular weight excluding hydrogens is 354 g/mol. The Bertz CT molecular complexity index is 620. The average molecular weight is 382 g/mol. The van der Waals surface area contributed by atoms with Crippen LogP contribution in [0.2, 0.25) is 5.02 Å². The molecule has 0 spiro atoms. The zero-order chi connectivity index (χ0) is 18.4. The quantitative estimate of drug-likeness (QED) is 0.627. The van der Waals surface area contributed by atoms with Gasteiger partial charge in [0.15, 0.2) is 5.96 Å². The lowest BCUT2D eigenvalue weighted by Gasteiger charge is -2.37. The van der Waals surface area contributed by atoms with Gasteiger partial charge in [-0.25, -0.2) is 4.99 Å². The van der Waals surface area contributed by atoms with E-state index < -0.39 is 0 Å². The maximum absolute atomic E-state index is 6.05. The fraction of sp³-hybridized carbons (Fsp3) is 0.632. The highest BCUT2D eigenvalue weighted by atomic mass is 35.5. The number of methoxy groups -OCH3 is 1. The summed E-state index contributed by atoms with van der Waals surface area (Å²) >= 11 is 6.05. The lowest BCUT2D eigenvalue weighted by atomic mass is 10.1. The molecule has 0 aliphatic carbocycles. The van der Waals surface area contributed by atoms with Crippen LogP contribution in [0.25, 0.3) is 0 Å². The topological polar surface area (TPSA) is 55.3 Å². The lowest BCUT2D eigenvalue weighted by molar-refractivity contribution is -0.0817. The number of ether oxygens (including phenoxy) is 3. The number of rotatable bonds is 5. The largest absolute Gasteiger partial charge is 0.496 e. The fourth-order valence-corrected chi connectivity index (χ4v) is 3.59. The van der Waals surface area contributed by atoms with Crippen LogP contribution in [0.4, 0.5) is 0 Å². The van der Waals surface area contributed by atoms with Gasteiger partial charge in [0, 0.05) is 36.8 Å². The summed E-state index contributed by atoms with van der Waals surface area (Å²) in [7, 11) is 1.65. The molecule has 1 aromatic rings. The molecule has 2 atom stereocenters. The van der Waals surface area contributed by atoms with Crippen LogP contribution >= 0.6 is 11.6 Å². The first-order valence-corrected chi connectivity index (χ1v) is 9.68. The summed E-state index contributed by atoms with van der Waals surface area (Å²) in [5.41, 5.74) is 1.01. The minimum atomic E-state index is 0.111.